The number of ether oxygens (including phenoxy) is 2. The topological polar surface area (TPSA) is 84.9 Å². The first kappa shape index (κ1) is 24.9. The predicted molar refractivity (Wildman–Crippen MR) is 136 cm³/mol. The molecule has 1 aliphatic rings. The molecule has 9 heteroatoms. The lowest BCUT2D eigenvalue weighted by Crippen LogP contribution is -2.51. The molecule has 0 saturated carbocycles. The van der Waals surface area contributed by atoms with E-state index in [0.717, 1.165) is 18.6 Å². The van der Waals surface area contributed by atoms with Gasteiger partial charge < -0.3 is 14.8 Å². The van der Waals surface area contributed by atoms with Gasteiger partial charge in [0.1, 0.15) is 18.1 Å². The number of para-hydroxylation sites is 2. The van der Waals surface area contributed by atoms with E-state index in [-0.39, 0.29) is 24.6 Å². The first-order chi connectivity index (χ1) is 16.9. The third-order valence-electron chi connectivity index (χ3n) is 5.56. The lowest BCUT2D eigenvalue weighted by Gasteiger charge is -2.34. The van der Waals surface area contributed by atoms with Crippen LogP contribution < -0.4 is 19.1 Å². The van der Waals surface area contributed by atoms with Crippen LogP contribution in [0.3, 0.4) is 0 Å². The van der Waals surface area contributed by atoms with E-state index in [1.54, 1.807) is 24.3 Å². The highest BCUT2D eigenvalue weighted by Crippen LogP contribution is 2.36. The fraction of sp³-hybridized carbons (Fsp3) is 0.269. The number of fused-ring (bicyclic) bond motifs is 1. The van der Waals surface area contributed by atoms with Crippen molar-refractivity contribution in [3.8, 4) is 11.5 Å². The first-order valence-corrected chi connectivity index (χ1v) is 13.2. The molecule has 1 amide bonds. The number of nitrogens with zero attached hydrogens (tertiary/aromatic N) is 1. The van der Waals surface area contributed by atoms with Crippen LogP contribution in [0.25, 0.3) is 0 Å². The van der Waals surface area contributed by atoms with E-state index in [0.29, 0.717) is 16.5 Å². The molecule has 0 spiro atoms. The fourth-order valence-corrected chi connectivity index (χ4v) is 5.40. The van der Waals surface area contributed by atoms with Gasteiger partial charge in [-0.25, -0.2) is 8.42 Å². The maximum atomic E-state index is 13.4. The van der Waals surface area contributed by atoms with E-state index in [2.05, 4.69) is 12.2 Å². The summed E-state index contributed by atoms with van der Waals surface area (Å²) in [5, 5.41) is 3.21. The van der Waals surface area contributed by atoms with Crippen molar-refractivity contribution in [1.82, 2.24) is 5.32 Å². The molecule has 35 heavy (non-hydrogen) atoms. The van der Waals surface area contributed by atoms with Gasteiger partial charge in [0.05, 0.1) is 23.7 Å². The number of sulfonamides is 1. The van der Waals surface area contributed by atoms with Gasteiger partial charge in [0, 0.05) is 5.02 Å². The zero-order valence-corrected chi connectivity index (χ0v) is 20.9. The molecule has 1 heterocycles. The summed E-state index contributed by atoms with van der Waals surface area (Å²) in [6.07, 6.45) is 1.09. The average Bonchev–Trinajstić information content (AvgIpc) is 2.87. The Bertz CT molecular complexity index is 1260. The second-order valence-corrected chi connectivity index (χ2v) is 10.4. The minimum Gasteiger partial charge on any atom is -0.492 e. The van der Waals surface area contributed by atoms with Crippen LogP contribution in [-0.4, -0.2) is 40.1 Å². The monoisotopic (exact) mass is 514 g/mol. The maximum Gasteiger partial charge on any atom is 0.264 e. The summed E-state index contributed by atoms with van der Waals surface area (Å²) in [5.74, 6) is 0.625. The van der Waals surface area contributed by atoms with E-state index in [9.17, 15) is 13.2 Å². The van der Waals surface area contributed by atoms with E-state index in [4.69, 9.17) is 21.1 Å². The number of carbonyl (C=O) groups is 1. The number of aryl methyl sites for hydroxylation is 1. The summed E-state index contributed by atoms with van der Waals surface area (Å²) in [6, 6.07) is 20.5. The Morgan fingerprint density at radius 1 is 1.09 bits per heavy atom. The number of rotatable bonds is 9. The lowest BCUT2D eigenvalue weighted by molar-refractivity contribution is -0.127. The molecular formula is C26H27ClN2O5S. The maximum absolute atomic E-state index is 13.4. The van der Waals surface area contributed by atoms with Crippen molar-refractivity contribution in [3.63, 3.8) is 0 Å². The minimum absolute atomic E-state index is 0.0797. The van der Waals surface area contributed by atoms with Gasteiger partial charge in [-0.15, -0.1) is 0 Å². The molecule has 1 N–H and O–H groups in total. The summed E-state index contributed by atoms with van der Waals surface area (Å²) in [4.78, 5) is 12.9. The number of halogens is 1. The van der Waals surface area contributed by atoms with Gasteiger partial charge in [-0.3, -0.25) is 9.10 Å². The normalized spacial score (nSPS) is 15.1. The molecule has 0 fully saturated rings. The zero-order valence-electron chi connectivity index (χ0n) is 19.3. The Morgan fingerprint density at radius 3 is 2.51 bits per heavy atom. The van der Waals surface area contributed by atoms with E-state index < -0.39 is 22.0 Å². The largest absolute Gasteiger partial charge is 0.492 e. The number of amides is 1. The van der Waals surface area contributed by atoms with Gasteiger partial charge in [0.15, 0.2) is 6.10 Å². The first-order valence-electron chi connectivity index (χ1n) is 11.4. The molecule has 0 aliphatic carbocycles. The summed E-state index contributed by atoms with van der Waals surface area (Å²) in [6.45, 7) is 2.50. The van der Waals surface area contributed by atoms with Gasteiger partial charge in [-0.05, 0) is 60.5 Å². The van der Waals surface area contributed by atoms with Gasteiger partial charge >= 0.3 is 0 Å². The van der Waals surface area contributed by atoms with Crippen LogP contribution in [0.5, 0.6) is 11.5 Å². The Morgan fingerprint density at radius 2 is 1.80 bits per heavy atom. The molecule has 0 bridgehead atoms. The van der Waals surface area contributed by atoms with Gasteiger partial charge in [-0.2, -0.15) is 0 Å². The van der Waals surface area contributed by atoms with Crippen LogP contribution in [0.1, 0.15) is 18.9 Å². The number of benzene rings is 3. The molecule has 0 radical (unpaired) electrons. The molecular weight excluding hydrogens is 488 g/mol. The van der Waals surface area contributed by atoms with Crippen LogP contribution in [0.4, 0.5) is 5.69 Å². The molecule has 1 aliphatic heterocycles. The van der Waals surface area contributed by atoms with Crippen molar-refractivity contribution in [3.05, 3.63) is 83.4 Å². The van der Waals surface area contributed by atoms with Crippen LogP contribution >= 0.6 is 11.6 Å². The SMILES string of the molecule is CCCc1ccc(OCCNC(=O)C2CN(S(=O)(=O)c3ccc(Cl)cc3)c3ccccc3O2)cc1. The highest BCUT2D eigenvalue weighted by atomic mass is 35.5. The lowest BCUT2D eigenvalue weighted by atomic mass is 10.1. The fourth-order valence-electron chi connectivity index (χ4n) is 3.80. The Balaban J connectivity index is 1.41. The minimum atomic E-state index is -3.94. The average molecular weight is 515 g/mol. The number of carbonyl (C=O) groups excluding carboxylic acids is 1. The second kappa shape index (κ2) is 11.0. The number of hydrogen-bond acceptors (Lipinski definition) is 5. The third kappa shape index (κ3) is 5.89. The molecule has 184 valence electrons. The highest BCUT2D eigenvalue weighted by Gasteiger charge is 2.37. The van der Waals surface area contributed by atoms with E-state index in [1.807, 2.05) is 24.3 Å². The second-order valence-electron chi connectivity index (χ2n) is 8.10. The molecule has 0 saturated heterocycles. The van der Waals surface area contributed by atoms with Crippen LogP contribution in [0.2, 0.25) is 5.02 Å². The Kier molecular flexibility index (Phi) is 7.83. The number of anilines is 1. The van der Waals surface area contributed by atoms with E-state index >= 15 is 0 Å². The van der Waals surface area contributed by atoms with Gasteiger partial charge in [-0.1, -0.05) is 49.2 Å². The van der Waals surface area contributed by atoms with Crippen molar-refractivity contribution in [2.75, 3.05) is 24.0 Å². The third-order valence-corrected chi connectivity index (χ3v) is 7.61. The van der Waals surface area contributed by atoms with Crippen molar-refractivity contribution < 1.29 is 22.7 Å². The van der Waals surface area contributed by atoms with Crippen molar-refractivity contribution >= 4 is 33.2 Å². The predicted octanol–water partition coefficient (Wildman–Crippen LogP) is 4.44. The highest BCUT2D eigenvalue weighted by molar-refractivity contribution is 7.92. The summed E-state index contributed by atoms with van der Waals surface area (Å²) < 4.78 is 39.5. The van der Waals surface area contributed by atoms with Crippen molar-refractivity contribution in [2.24, 2.45) is 0 Å². The Hall–Kier alpha value is -3.23. The quantitative estimate of drug-likeness (QED) is 0.427. The molecule has 1 atom stereocenters. The van der Waals surface area contributed by atoms with Crippen LogP contribution in [0, 0.1) is 0 Å². The standard InChI is InChI=1S/C26H27ClN2O5S/c1-2-5-19-8-12-21(13-9-19)33-17-16-28-26(30)25-18-29(23-6-3-4-7-24(23)34-25)35(31,32)22-14-10-20(27)11-15-22/h3-4,6-15,25H,2,5,16-18H2,1H3,(H,28,30). The van der Waals surface area contributed by atoms with Crippen molar-refractivity contribution in [2.45, 2.75) is 30.8 Å². The Labute approximate surface area is 210 Å². The zero-order chi connectivity index (χ0) is 24.8. The summed E-state index contributed by atoms with van der Waals surface area (Å²) in [5.41, 5.74) is 1.63. The molecule has 4 rings (SSSR count). The molecule has 7 nitrogen and oxygen atoms in total. The summed E-state index contributed by atoms with van der Waals surface area (Å²) >= 11 is 5.92. The van der Waals surface area contributed by atoms with Crippen LogP contribution in [0.15, 0.2) is 77.7 Å². The van der Waals surface area contributed by atoms with Crippen molar-refractivity contribution in [1.29, 1.82) is 0 Å². The van der Waals surface area contributed by atoms with Crippen LogP contribution in [-0.2, 0) is 21.2 Å². The van der Waals surface area contributed by atoms with E-state index in [1.165, 1.54) is 34.1 Å². The van der Waals surface area contributed by atoms with Gasteiger partial charge in [0.2, 0.25) is 0 Å². The summed E-state index contributed by atoms with van der Waals surface area (Å²) in [7, 11) is -3.94. The molecule has 1 unspecified atom stereocenters. The molecule has 0 aromatic heterocycles. The number of hydrogen-bond donors (Lipinski definition) is 1. The molecule has 3 aromatic carbocycles. The molecule has 3 aromatic rings. The van der Waals surface area contributed by atoms with Gasteiger partial charge in [0.25, 0.3) is 15.9 Å². The smallest absolute Gasteiger partial charge is 0.264 e. The number of nitrogens with one attached hydrogen (secondary N) is 1.